The molecular formula is C23H36N2O. The van der Waals surface area contributed by atoms with Crippen molar-refractivity contribution in [2.75, 3.05) is 13.2 Å². The third-order valence-electron chi connectivity index (χ3n) is 5.63. The molecule has 1 fully saturated rings. The first kappa shape index (κ1) is 19.5. The highest BCUT2D eigenvalue weighted by atomic mass is 16.5. The summed E-state index contributed by atoms with van der Waals surface area (Å²) >= 11 is 0. The molecule has 26 heavy (non-hydrogen) atoms. The second-order valence-corrected chi connectivity index (χ2v) is 9.46. The molecule has 3 aliphatic rings. The first-order valence-corrected chi connectivity index (χ1v) is 10.5. The van der Waals surface area contributed by atoms with Gasteiger partial charge in [-0.1, -0.05) is 27.7 Å². The monoisotopic (exact) mass is 356 g/mol. The van der Waals surface area contributed by atoms with E-state index in [2.05, 4.69) is 52.8 Å². The molecule has 0 aromatic carbocycles. The maximum Gasteiger partial charge on any atom is 0.0771 e. The molecule has 2 aliphatic heterocycles. The second kappa shape index (κ2) is 8.21. The van der Waals surface area contributed by atoms with Crippen LogP contribution in [0.25, 0.3) is 0 Å². The van der Waals surface area contributed by atoms with Gasteiger partial charge in [0, 0.05) is 6.61 Å². The van der Waals surface area contributed by atoms with E-state index in [-0.39, 0.29) is 5.54 Å². The van der Waals surface area contributed by atoms with Gasteiger partial charge in [0.25, 0.3) is 0 Å². The summed E-state index contributed by atoms with van der Waals surface area (Å²) in [6, 6.07) is 0. The van der Waals surface area contributed by atoms with Crippen molar-refractivity contribution in [3.8, 4) is 0 Å². The lowest BCUT2D eigenvalue weighted by Gasteiger charge is -2.39. The molecule has 0 aromatic heterocycles. The van der Waals surface area contributed by atoms with Crippen LogP contribution in [0.3, 0.4) is 0 Å². The van der Waals surface area contributed by atoms with Crippen LogP contribution in [-0.2, 0) is 4.74 Å². The SMILES string of the molecule is CC(C)CC1CC(C)(CC(C)C)N=C2C=CC(=NCC3CCCO3)C=C21. The van der Waals surface area contributed by atoms with Crippen molar-refractivity contribution in [2.24, 2.45) is 27.7 Å². The Hall–Kier alpha value is -1.22. The molecule has 3 heteroatoms. The van der Waals surface area contributed by atoms with E-state index in [1.807, 2.05) is 0 Å². The zero-order valence-electron chi connectivity index (χ0n) is 17.3. The molecular weight excluding hydrogens is 320 g/mol. The molecule has 1 saturated heterocycles. The number of ether oxygens (including phenoxy) is 1. The number of nitrogens with zero attached hydrogens (tertiary/aromatic N) is 2. The fourth-order valence-electron chi connectivity index (χ4n) is 4.83. The zero-order valence-corrected chi connectivity index (χ0v) is 17.3. The van der Waals surface area contributed by atoms with E-state index in [9.17, 15) is 0 Å². The van der Waals surface area contributed by atoms with Crippen LogP contribution in [0.1, 0.15) is 66.7 Å². The lowest BCUT2D eigenvalue weighted by molar-refractivity contribution is 0.118. The van der Waals surface area contributed by atoms with Crippen molar-refractivity contribution in [1.29, 1.82) is 0 Å². The Bertz CT molecular complexity index is 620. The lowest BCUT2D eigenvalue weighted by Crippen LogP contribution is -2.37. The van der Waals surface area contributed by atoms with Crippen LogP contribution >= 0.6 is 0 Å². The van der Waals surface area contributed by atoms with Crippen LogP contribution in [0.4, 0.5) is 0 Å². The van der Waals surface area contributed by atoms with E-state index in [4.69, 9.17) is 14.7 Å². The Labute approximate surface area is 159 Å². The van der Waals surface area contributed by atoms with Gasteiger partial charge in [-0.15, -0.1) is 0 Å². The minimum Gasteiger partial charge on any atom is -0.376 e. The van der Waals surface area contributed by atoms with E-state index in [1.165, 1.54) is 24.1 Å². The molecule has 3 rings (SSSR count). The summed E-state index contributed by atoms with van der Waals surface area (Å²) in [5, 5.41) is 0. The Kier molecular flexibility index (Phi) is 6.17. The van der Waals surface area contributed by atoms with Crippen molar-refractivity contribution in [2.45, 2.75) is 78.4 Å². The lowest BCUT2D eigenvalue weighted by atomic mass is 9.72. The summed E-state index contributed by atoms with van der Waals surface area (Å²) in [6.45, 7) is 13.3. The molecule has 2 heterocycles. The van der Waals surface area contributed by atoms with Gasteiger partial charge in [0.1, 0.15) is 0 Å². The quantitative estimate of drug-likeness (QED) is 0.586. The average molecular weight is 357 g/mol. The topological polar surface area (TPSA) is 34.0 Å². The van der Waals surface area contributed by atoms with Crippen LogP contribution in [0.15, 0.2) is 33.8 Å². The third-order valence-corrected chi connectivity index (χ3v) is 5.63. The van der Waals surface area contributed by atoms with Gasteiger partial charge in [0.15, 0.2) is 0 Å². The van der Waals surface area contributed by atoms with Crippen molar-refractivity contribution < 1.29 is 4.74 Å². The number of aliphatic imine (C=N–C) groups is 2. The number of allylic oxidation sites excluding steroid dienone is 4. The molecule has 3 atom stereocenters. The zero-order chi connectivity index (χ0) is 18.7. The molecule has 3 unspecified atom stereocenters. The maximum absolute atomic E-state index is 5.71. The molecule has 144 valence electrons. The average Bonchev–Trinajstić information content (AvgIpc) is 3.04. The van der Waals surface area contributed by atoms with Gasteiger partial charge in [-0.3, -0.25) is 9.98 Å². The smallest absolute Gasteiger partial charge is 0.0771 e. The van der Waals surface area contributed by atoms with Gasteiger partial charge in [0.2, 0.25) is 0 Å². The van der Waals surface area contributed by atoms with Crippen molar-refractivity contribution in [1.82, 2.24) is 0 Å². The van der Waals surface area contributed by atoms with E-state index >= 15 is 0 Å². The van der Waals surface area contributed by atoms with Crippen LogP contribution in [0.5, 0.6) is 0 Å². The summed E-state index contributed by atoms with van der Waals surface area (Å²) < 4.78 is 5.71. The summed E-state index contributed by atoms with van der Waals surface area (Å²) in [5.74, 6) is 1.96. The first-order chi connectivity index (χ1) is 12.3. The van der Waals surface area contributed by atoms with Crippen molar-refractivity contribution >= 4 is 11.4 Å². The Morgan fingerprint density at radius 2 is 2.04 bits per heavy atom. The summed E-state index contributed by atoms with van der Waals surface area (Å²) in [5.41, 5.74) is 3.77. The summed E-state index contributed by atoms with van der Waals surface area (Å²) in [6.07, 6.45) is 12.8. The molecule has 0 aromatic rings. The van der Waals surface area contributed by atoms with Crippen LogP contribution in [-0.4, -0.2) is 36.2 Å². The fraction of sp³-hybridized carbons (Fsp3) is 0.739. The largest absolute Gasteiger partial charge is 0.376 e. The molecule has 0 saturated carbocycles. The number of fused-ring (bicyclic) bond motifs is 1. The highest BCUT2D eigenvalue weighted by Crippen LogP contribution is 2.40. The highest BCUT2D eigenvalue weighted by molar-refractivity contribution is 6.21. The molecule has 0 bridgehead atoms. The third kappa shape index (κ3) is 4.94. The number of rotatable bonds is 6. The standard InChI is InChI=1S/C23H36N2O/c1-16(2)11-18-14-23(5,13-17(3)4)25-22-9-8-19(12-21(18)22)24-15-20-7-6-10-26-20/h8-9,12,16-18,20H,6-7,10-11,13-15H2,1-5H3. The van der Waals surface area contributed by atoms with Crippen LogP contribution < -0.4 is 0 Å². The van der Waals surface area contributed by atoms with Gasteiger partial charge >= 0.3 is 0 Å². The highest BCUT2D eigenvalue weighted by Gasteiger charge is 2.37. The Balaban J connectivity index is 1.83. The fourth-order valence-corrected chi connectivity index (χ4v) is 4.83. The van der Waals surface area contributed by atoms with E-state index in [1.54, 1.807) is 0 Å². The van der Waals surface area contributed by atoms with Crippen LogP contribution in [0.2, 0.25) is 0 Å². The minimum atomic E-state index is 0.0665. The molecule has 0 radical (unpaired) electrons. The molecule has 0 amide bonds. The maximum atomic E-state index is 5.71. The molecule has 0 N–H and O–H groups in total. The Morgan fingerprint density at radius 3 is 2.69 bits per heavy atom. The molecule has 3 nitrogen and oxygen atoms in total. The molecule has 0 spiro atoms. The predicted molar refractivity (Wildman–Crippen MR) is 111 cm³/mol. The predicted octanol–water partition coefficient (Wildman–Crippen LogP) is 5.41. The normalized spacial score (nSPS) is 33.0. The van der Waals surface area contributed by atoms with Gasteiger partial charge in [-0.25, -0.2) is 0 Å². The van der Waals surface area contributed by atoms with E-state index in [0.29, 0.717) is 23.9 Å². The number of hydrogen-bond donors (Lipinski definition) is 0. The van der Waals surface area contributed by atoms with Crippen molar-refractivity contribution in [3.05, 3.63) is 23.8 Å². The van der Waals surface area contributed by atoms with Gasteiger partial charge in [0.05, 0.1) is 29.6 Å². The van der Waals surface area contributed by atoms with E-state index < -0.39 is 0 Å². The van der Waals surface area contributed by atoms with Gasteiger partial charge < -0.3 is 4.74 Å². The van der Waals surface area contributed by atoms with E-state index in [0.717, 1.165) is 38.1 Å². The minimum absolute atomic E-state index is 0.0665. The van der Waals surface area contributed by atoms with Crippen molar-refractivity contribution in [3.63, 3.8) is 0 Å². The Morgan fingerprint density at radius 1 is 1.23 bits per heavy atom. The van der Waals surface area contributed by atoms with Crippen LogP contribution in [0, 0.1) is 17.8 Å². The number of hydrogen-bond acceptors (Lipinski definition) is 3. The molecule has 1 aliphatic carbocycles. The van der Waals surface area contributed by atoms with Gasteiger partial charge in [-0.05, 0) is 80.6 Å². The summed E-state index contributed by atoms with van der Waals surface area (Å²) in [7, 11) is 0. The van der Waals surface area contributed by atoms with Gasteiger partial charge in [-0.2, -0.15) is 0 Å². The summed E-state index contributed by atoms with van der Waals surface area (Å²) in [4.78, 5) is 10.0. The second-order valence-electron chi connectivity index (χ2n) is 9.46. The first-order valence-electron chi connectivity index (χ1n) is 10.5.